The van der Waals surface area contributed by atoms with Crippen LogP contribution in [0.2, 0.25) is 5.02 Å². The third-order valence-electron chi connectivity index (χ3n) is 4.73. The molecule has 0 unspecified atom stereocenters. The van der Waals surface area contributed by atoms with Crippen LogP contribution < -0.4 is 9.04 Å². The predicted molar refractivity (Wildman–Crippen MR) is 119 cm³/mol. The molecule has 0 radical (unpaired) electrons. The zero-order valence-electron chi connectivity index (χ0n) is 17.1. The minimum atomic E-state index is -4.20. The highest BCUT2D eigenvalue weighted by Crippen LogP contribution is 2.34. The van der Waals surface area contributed by atoms with Crippen LogP contribution in [0.1, 0.15) is 27.0 Å². The van der Waals surface area contributed by atoms with Gasteiger partial charge in [-0.2, -0.15) is 4.31 Å². The predicted octanol–water partition coefficient (Wildman–Crippen LogP) is 5.31. The molecule has 0 atom stereocenters. The number of aryl methyl sites for hydroxylation is 3. The third-order valence-corrected chi connectivity index (χ3v) is 6.75. The number of carbonyl (C=O) groups excluding carboxylic acids is 1. The number of anilines is 1. The van der Waals surface area contributed by atoms with Crippen molar-refractivity contribution in [2.75, 3.05) is 11.4 Å². The first-order valence-corrected chi connectivity index (χ1v) is 11.0. The molecule has 0 saturated heterocycles. The number of nitrogens with zero attached hydrogens (tertiary/aromatic N) is 1. The first-order chi connectivity index (χ1) is 14.2. The van der Waals surface area contributed by atoms with Crippen LogP contribution in [0.5, 0.6) is 5.75 Å². The summed E-state index contributed by atoms with van der Waals surface area (Å²) in [5, 5.41) is 0.202. The molecule has 156 valence electrons. The quantitative estimate of drug-likeness (QED) is 0.536. The molecule has 0 N–H and O–H groups in total. The Balaban J connectivity index is 2.26. The van der Waals surface area contributed by atoms with Gasteiger partial charge in [0.2, 0.25) is 0 Å². The van der Waals surface area contributed by atoms with Gasteiger partial charge in [0.25, 0.3) is 15.9 Å². The summed E-state index contributed by atoms with van der Waals surface area (Å²) < 4.78 is 33.0. The lowest BCUT2D eigenvalue weighted by atomic mass is 9.99. The van der Waals surface area contributed by atoms with E-state index in [0.717, 1.165) is 9.87 Å². The molecule has 7 heteroatoms. The summed E-state index contributed by atoms with van der Waals surface area (Å²) in [5.74, 6) is -0.261. The molecule has 0 aromatic heterocycles. The Morgan fingerprint density at radius 3 is 2.07 bits per heavy atom. The van der Waals surface area contributed by atoms with E-state index in [9.17, 15) is 13.2 Å². The summed E-state index contributed by atoms with van der Waals surface area (Å²) in [6.45, 7) is 5.51. The SMILES string of the molecule is COc1ccc(N(C(=O)c2c(C)cc(C)cc2C)S(=O)(=O)c2ccccc2)cc1Cl. The van der Waals surface area contributed by atoms with Gasteiger partial charge in [-0.05, 0) is 62.2 Å². The third kappa shape index (κ3) is 4.06. The van der Waals surface area contributed by atoms with Crippen molar-refractivity contribution < 1.29 is 17.9 Å². The van der Waals surface area contributed by atoms with Crippen molar-refractivity contribution in [1.82, 2.24) is 0 Å². The van der Waals surface area contributed by atoms with Crippen LogP contribution in [-0.4, -0.2) is 21.4 Å². The van der Waals surface area contributed by atoms with E-state index < -0.39 is 15.9 Å². The number of amides is 1. The molecule has 0 fully saturated rings. The smallest absolute Gasteiger partial charge is 0.272 e. The number of benzene rings is 3. The average Bonchev–Trinajstić information content (AvgIpc) is 2.68. The molecule has 5 nitrogen and oxygen atoms in total. The van der Waals surface area contributed by atoms with Crippen LogP contribution in [0.4, 0.5) is 5.69 Å². The highest BCUT2D eigenvalue weighted by Gasteiger charge is 2.33. The van der Waals surface area contributed by atoms with Gasteiger partial charge in [0.15, 0.2) is 0 Å². The van der Waals surface area contributed by atoms with Gasteiger partial charge in [-0.3, -0.25) is 4.79 Å². The van der Waals surface area contributed by atoms with E-state index in [4.69, 9.17) is 16.3 Å². The van der Waals surface area contributed by atoms with E-state index in [2.05, 4.69) is 0 Å². The number of hydrogen-bond acceptors (Lipinski definition) is 4. The second-order valence-corrected chi connectivity index (χ2v) is 9.17. The van der Waals surface area contributed by atoms with Crippen molar-refractivity contribution in [1.29, 1.82) is 0 Å². The fourth-order valence-electron chi connectivity index (χ4n) is 3.46. The summed E-state index contributed by atoms with van der Waals surface area (Å²) in [4.78, 5) is 13.7. The number of hydrogen-bond donors (Lipinski definition) is 0. The molecule has 30 heavy (non-hydrogen) atoms. The number of carbonyl (C=O) groups is 1. The Morgan fingerprint density at radius 2 is 1.53 bits per heavy atom. The lowest BCUT2D eigenvalue weighted by Gasteiger charge is -2.25. The van der Waals surface area contributed by atoms with Crippen LogP contribution in [0.25, 0.3) is 0 Å². The monoisotopic (exact) mass is 443 g/mol. The van der Waals surface area contributed by atoms with Crippen LogP contribution >= 0.6 is 11.6 Å². The first-order valence-electron chi connectivity index (χ1n) is 9.23. The topological polar surface area (TPSA) is 63.7 Å². The van der Waals surface area contributed by atoms with Gasteiger partial charge in [0, 0.05) is 5.56 Å². The zero-order valence-corrected chi connectivity index (χ0v) is 18.7. The van der Waals surface area contributed by atoms with Crippen LogP contribution in [-0.2, 0) is 10.0 Å². The van der Waals surface area contributed by atoms with Gasteiger partial charge < -0.3 is 4.74 Å². The Labute approximate surface area is 181 Å². The van der Waals surface area contributed by atoms with Crippen molar-refractivity contribution in [3.05, 3.63) is 87.9 Å². The normalized spacial score (nSPS) is 11.2. The van der Waals surface area contributed by atoms with Gasteiger partial charge in [0.1, 0.15) is 5.75 Å². The van der Waals surface area contributed by atoms with Crippen molar-refractivity contribution in [2.24, 2.45) is 0 Å². The maximum absolute atomic E-state index is 13.7. The van der Waals surface area contributed by atoms with Crippen molar-refractivity contribution in [3.63, 3.8) is 0 Å². The maximum Gasteiger partial charge on any atom is 0.272 e. The van der Waals surface area contributed by atoms with Crippen LogP contribution in [0.15, 0.2) is 65.6 Å². The molecular formula is C23H22ClNO4S. The molecule has 0 aliphatic rings. The minimum absolute atomic E-state index is 0.00714. The highest BCUT2D eigenvalue weighted by atomic mass is 35.5. The number of sulfonamides is 1. The van der Waals surface area contributed by atoms with E-state index in [1.165, 1.54) is 37.4 Å². The van der Waals surface area contributed by atoms with Crippen molar-refractivity contribution in [3.8, 4) is 5.75 Å². The molecule has 3 rings (SSSR count). The van der Waals surface area contributed by atoms with Gasteiger partial charge in [0.05, 0.1) is 22.7 Å². The molecule has 0 aliphatic carbocycles. The molecule has 0 bridgehead atoms. The Morgan fingerprint density at radius 1 is 0.933 bits per heavy atom. The number of methoxy groups -OCH3 is 1. The zero-order chi connectivity index (χ0) is 22.1. The average molecular weight is 444 g/mol. The molecular weight excluding hydrogens is 422 g/mol. The standard InChI is InChI=1S/C23H22ClNO4S/c1-15-12-16(2)22(17(3)13-15)23(26)25(18-10-11-21(29-4)20(24)14-18)30(27,28)19-8-6-5-7-9-19/h5-14H,1-4H3. The van der Waals surface area contributed by atoms with Crippen molar-refractivity contribution in [2.45, 2.75) is 25.7 Å². The lowest BCUT2D eigenvalue weighted by molar-refractivity contribution is 0.100. The van der Waals surface area contributed by atoms with Crippen LogP contribution in [0.3, 0.4) is 0 Å². The summed E-state index contributed by atoms with van der Waals surface area (Å²) in [6, 6.07) is 16.0. The largest absolute Gasteiger partial charge is 0.495 e. The molecule has 1 amide bonds. The fraction of sp³-hybridized carbons (Fsp3) is 0.174. The van der Waals surface area contributed by atoms with E-state index in [0.29, 0.717) is 22.4 Å². The summed E-state index contributed by atoms with van der Waals surface area (Å²) >= 11 is 6.25. The Hall–Kier alpha value is -2.83. The Kier molecular flexibility index (Phi) is 6.19. The fourth-order valence-corrected chi connectivity index (χ4v) is 5.13. The van der Waals surface area contributed by atoms with Gasteiger partial charge >= 0.3 is 0 Å². The summed E-state index contributed by atoms with van der Waals surface area (Å²) in [5.41, 5.74) is 2.86. The minimum Gasteiger partial charge on any atom is -0.495 e. The summed E-state index contributed by atoms with van der Waals surface area (Å²) in [7, 11) is -2.74. The van der Waals surface area contributed by atoms with Gasteiger partial charge in [-0.15, -0.1) is 0 Å². The Bertz CT molecular complexity index is 1180. The van der Waals surface area contributed by atoms with E-state index in [1.54, 1.807) is 32.0 Å². The molecule has 0 saturated carbocycles. The molecule has 3 aromatic rings. The van der Waals surface area contributed by atoms with Gasteiger partial charge in [-0.25, -0.2) is 8.42 Å². The van der Waals surface area contributed by atoms with E-state index >= 15 is 0 Å². The van der Waals surface area contributed by atoms with Crippen molar-refractivity contribution >= 4 is 33.2 Å². The number of rotatable bonds is 5. The number of halogens is 1. The molecule has 0 aliphatic heterocycles. The second kappa shape index (κ2) is 8.50. The first kappa shape index (κ1) is 21.9. The number of ether oxygens (including phenoxy) is 1. The molecule has 0 heterocycles. The molecule has 0 spiro atoms. The van der Waals surface area contributed by atoms with E-state index in [1.807, 2.05) is 19.1 Å². The van der Waals surface area contributed by atoms with E-state index in [-0.39, 0.29) is 15.6 Å². The lowest BCUT2D eigenvalue weighted by Crippen LogP contribution is -2.38. The summed E-state index contributed by atoms with van der Waals surface area (Å²) in [6.07, 6.45) is 0. The van der Waals surface area contributed by atoms with Crippen LogP contribution in [0, 0.1) is 20.8 Å². The second-order valence-electron chi connectivity index (χ2n) is 6.98. The highest BCUT2D eigenvalue weighted by molar-refractivity contribution is 7.93. The molecule has 3 aromatic carbocycles. The maximum atomic E-state index is 13.7. The van der Waals surface area contributed by atoms with Gasteiger partial charge in [-0.1, -0.05) is 47.5 Å².